The molecule has 0 aliphatic rings. The van der Waals surface area contributed by atoms with Crippen LogP contribution in [0.3, 0.4) is 0 Å². The molecule has 0 atom stereocenters. The Balaban J connectivity index is 1.42. The van der Waals surface area contributed by atoms with Gasteiger partial charge in [-0.3, -0.25) is 9.52 Å². The van der Waals surface area contributed by atoms with E-state index in [4.69, 9.17) is 13.9 Å². The van der Waals surface area contributed by atoms with Crippen LogP contribution < -0.4 is 24.2 Å². The van der Waals surface area contributed by atoms with Gasteiger partial charge in [-0.2, -0.15) is 0 Å². The van der Waals surface area contributed by atoms with E-state index >= 15 is 0 Å². The molecule has 0 spiro atoms. The second-order valence-electron chi connectivity index (χ2n) is 8.50. The van der Waals surface area contributed by atoms with Gasteiger partial charge in [-0.15, -0.1) is 0 Å². The minimum Gasteiger partial charge on any atom is -0.497 e. The summed E-state index contributed by atoms with van der Waals surface area (Å²) in [7, 11) is -4.97. The molecule has 1 aromatic heterocycles. The molecule has 4 aromatic rings. The fourth-order valence-electron chi connectivity index (χ4n) is 3.61. The molecular weight excluding hydrogens is 570 g/mol. The standard InChI is InChI=1S/C28H27N3O8S2/c1-37-23-11-8-21(9-12-23)31-41(35,36)27-18-22(10-15-26(27)38-2)30-28(32)16-7-20-5-13-25(14-6-20)40(33,34)29-19-24-4-3-17-39-24/h3-18,29,31H,19H2,1-2H3,(H,30,32). The van der Waals surface area contributed by atoms with Gasteiger partial charge in [-0.25, -0.2) is 21.6 Å². The van der Waals surface area contributed by atoms with Crippen molar-refractivity contribution in [2.45, 2.75) is 16.3 Å². The van der Waals surface area contributed by atoms with Crippen molar-refractivity contribution in [2.75, 3.05) is 24.3 Å². The minimum atomic E-state index is -4.07. The maximum absolute atomic E-state index is 13.1. The van der Waals surface area contributed by atoms with Gasteiger partial charge in [0.25, 0.3) is 10.0 Å². The van der Waals surface area contributed by atoms with Gasteiger partial charge >= 0.3 is 0 Å². The van der Waals surface area contributed by atoms with Crippen LogP contribution in [0.25, 0.3) is 6.08 Å². The lowest BCUT2D eigenvalue weighted by Crippen LogP contribution is -2.22. The van der Waals surface area contributed by atoms with Crippen LogP contribution in [0.2, 0.25) is 0 Å². The molecule has 0 radical (unpaired) electrons. The molecule has 3 N–H and O–H groups in total. The van der Waals surface area contributed by atoms with Crippen molar-refractivity contribution in [3.63, 3.8) is 0 Å². The maximum atomic E-state index is 13.1. The van der Waals surface area contributed by atoms with Crippen LogP contribution in [0.15, 0.2) is 105 Å². The number of carbonyl (C=O) groups excluding carboxylic acids is 1. The largest absolute Gasteiger partial charge is 0.497 e. The van der Waals surface area contributed by atoms with Gasteiger partial charge in [0.15, 0.2) is 0 Å². The number of methoxy groups -OCH3 is 2. The van der Waals surface area contributed by atoms with Crippen molar-refractivity contribution in [1.82, 2.24) is 4.72 Å². The lowest BCUT2D eigenvalue weighted by molar-refractivity contribution is -0.111. The quantitative estimate of drug-likeness (QED) is 0.205. The average molecular weight is 598 g/mol. The lowest BCUT2D eigenvalue weighted by Gasteiger charge is -2.13. The highest BCUT2D eigenvalue weighted by Crippen LogP contribution is 2.29. The Morgan fingerprint density at radius 2 is 1.56 bits per heavy atom. The summed E-state index contributed by atoms with van der Waals surface area (Å²) in [6, 6.07) is 19.8. The van der Waals surface area contributed by atoms with Crippen molar-refractivity contribution in [1.29, 1.82) is 0 Å². The highest BCUT2D eigenvalue weighted by atomic mass is 32.2. The number of carbonyl (C=O) groups is 1. The van der Waals surface area contributed by atoms with Crippen LogP contribution in [0.1, 0.15) is 11.3 Å². The van der Waals surface area contributed by atoms with E-state index in [-0.39, 0.29) is 27.8 Å². The Hall–Kier alpha value is -4.59. The van der Waals surface area contributed by atoms with Crippen LogP contribution >= 0.6 is 0 Å². The number of furan rings is 1. The van der Waals surface area contributed by atoms with Gasteiger partial charge in [0.2, 0.25) is 15.9 Å². The third kappa shape index (κ3) is 7.75. The lowest BCUT2D eigenvalue weighted by atomic mass is 10.2. The highest BCUT2D eigenvalue weighted by molar-refractivity contribution is 7.92. The van der Waals surface area contributed by atoms with E-state index in [1.54, 1.807) is 48.5 Å². The molecule has 1 heterocycles. The molecule has 13 heteroatoms. The molecule has 11 nitrogen and oxygen atoms in total. The van der Waals surface area contributed by atoms with E-state index in [9.17, 15) is 21.6 Å². The van der Waals surface area contributed by atoms with Gasteiger partial charge in [0, 0.05) is 17.5 Å². The number of nitrogens with one attached hydrogen (secondary N) is 3. The Bertz CT molecular complexity index is 1730. The molecule has 0 bridgehead atoms. The third-order valence-electron chi connectivity index (χ3n) is 5.70. The first-order chi connectivity index (χ1) is 19.6. The van der Waals surface area contributed by atoms with E-state index in [0.29, 0.717) is 22.8 Å². The zero-order valence-electron chi connectivity index (χ0n) is 22.0. The molecule has 0 unspecified atom stereocenters. The summed E-state index contributed by atoms with van der Waals surface area (Å²) in [6.45, 7) is 0.0169. The number of amides is 1. The van der Waals surface area contributed by atoms with Crippen LogP contribution in [0.5, 0.6) is 11.5 Å². The summed E-state index contributed by atoms with van der Waals surface area (Å²) < 4.78 is 71.5. The van der Waals surface area contributed by atoms with Gasteiger partial charge in [-0.05, 0) is 78.4 Å². The van der Waals surface area contributed by atoms with E-state index in [1.807, 2.05) is 0 Å². The van der Waals surface area contributed by atoms with Gasteiger partial charge in [0.05, 0.1) is 31.9 Å². The van der Waals surface area contributed by atoms with E-state index in [2.05, 4.69) is 14.8 Å². The Labute approximate surface area is 237 Å². The average Bonchev–Trinajstić information content (AvgIpc) is 3.49. The first-order valence-corrected chi connectivity index (χ1v) is 15.0. The number of sulfonamides is 2. The van der Waals surface area contributed by atoms with Crippen LogP contribution in [0, 0.1) is 0 Å². The number of anilines is 2. The Kier molecular flexibility index (Phi) is 9.12. The maximum Gasteiger partial charge on any atom is 0.265 e. The smallest absolute Gasteiger partial charge is 0.265 e. The third-order valence-corrected chi connectivity index (χ3v) is 8.52. The number of ether oxygens (including phenoxy) is 2. The van der Waals surface area contributed by atoms with Crippen molar-refractivity contribution in [2.24, 2.45) is 0 Å². The number of hydrogen-bond acceptors (Lipinski definition) is 8. The summed E-state index contributed by atoms with van der Waals surface area (Å²) in [5.74, 6) is 0.614. The summed E-state index contributed by atoms with van der Waals surface area (Å²) in [4.78, 5) is 12.4. The molecule has 214 valence electrons. The first kappa shape index (κ1) is 29.4. The molecule has 0 saturated heterocycles. The number of hydrogen-bond donors (Lipinski definition) is 3. The van der Waals surface area contributed by atoms with Crippen LogP contribution in [-0.4, -0.2) is 37.0 Å². The van der Waals surface area contributed by atoms with E-state index in [0.717, 1.165) is 0 Å². The predicted molar refractivity (Wildman–Crippen MR) is 154 cm³/mol. The second-order valence-corrected chi connectivity index (χ2v) is 11.9. The van der Waals surface area contributed by atoms with Crippen molar-refractivity contribution in [3.8, 4) is 11.5 Å². The molecule has 0 saturated carbocycles. The van der Waals surface area contributed by atoms with Crippen molar-refractivity contribution >= 4 is 43.4 Å². The zero-order chi connectivity index (χ0) is 29.5. The molecule has 0 aliphatic heterocycles. The van der Waals surface area contributed by atoms with Gasteiger partial charge in [0.1, 0.15) is 22.2 Å². The second kappa shape index (κ2) is 12.7. The van der Waals surface area contributed by atoms with Crippen molar-refractivity contribution < 1.29 is 35.5 Å². The van der Waals surface area contributed by atoms with Crippen molar-refractivity contribution in [3.05, 3.63) is 103 Å². The topological polar surface area (TPSA) is 153 Å². The molecule has 4 rings (SSSR count). The molecule has 0 aliphatic carbocycles. The van der Waals surface area contributed by atoms with E-state index in [1.165, 1.54) is 63.0 Å². The highest BCUT2D eigenvalue weighted by Gasteiger charge is 2.21. The summed E-state index contributed by atoms with van der Waals surface area (Å²) in [5, 5.41) is 2.62. The zero-order valence-corrected chi connectivity index (χ0v) is 23.7. The van der Waals surface area contributed by atoms with E-state index < -0.39 is 26.0 Å². The molecule has 1 amide bonds. The summed E-state index contributed by atoms with van der Waals surface area (Å²) in [5.41, 5.74) is 1.11. The van der Waals surface area contributed by atoms with Gasteiger partial charge < -0.3 is 19.2 Å². The Morgan fingerprint density at radius 1 is 0.854 bits per heavy atom. The molecule has 0 fully saturated rings. The first-order valence-electron chi connectivity index (χ1n) is 12.1. The fraction of sp³-hybridized carbons (Fsp3) is 0.107. The molecular formula is C28H27N3O8S2. The summed E-state index contributed by atoms with van der Waals surface area (Å²) in [6.07, 6.45) is 4.19. The number of benzene rings is 3. The fourth-order valence-corrected chi connectivity index (χ4v) is 5.86. The Morgan fingerprint density at radius 3 is 2.20 bits per heavy atom. The SMILES string of the molecule is COc1ccc(NS(=O)(=O)c2cc(NC(=O)C=Cc3ccc(S(=O)(=O)NCc4ccco4)cc3)ccc2OC)cc1. The monoisotopic (exact) mass is 597 g/mol. The molecule has 3 aromatic carbocycles. The predicted octanol–water partition coefficient (Wildman–Crippen LogP) is 4.23. The van der Waals surface area contributed by atoms with Crippen LogP contribution in [0.4, 0.5) is 11.4 Å². The molecule has 41 heavy (non-hydrogen) atoms. The van der Waals surface area contributed by atoms with Gasteiger partial charge in [-0.1, -0.05) is 12.1 Å². The normalized spacial score (nSPS) is 11.8. The van der Waals surface area contributed by atoms with Crippen LogP contribution in [-0.2, 0) is 31.4 Å². The summed E-state index contributed by atoms with van der Waals surface area (Å²) >= 11 is 0. The number of rotatable bonds is 12. The minimum absolute atomic E-state index is 0.0169.